The fourth-order valence-corrected chi connectivity index (χ4v) is 3.40. The van der Waals surface area contributed by atoms with Gasteiger partial charge in [0.05, 0.1) is 11.0 Å². The molecule has 0 aliphatic heterocycles. The second kappa shape index (κ2) is 9.56. The van der Waals surface area contributed by atoms with Crippen LogP contribution in [-0.2, 0) is 18.3 Å². The van der Waals surface area contributed by atoms with Crippen LogP contribution in [0.4, 0.5) is 5.69 Å². The van der Waals surface area contributed by atoms with Gasteiger partial charge in [-0.1, -0.05) is 26.0 Å². The SMILES string of the molecule is CCN(CC)CCc1nc2cc(NC(=O)COc3cccc(C)c3)ccc2n1C. The van der Waals surface area contributed by atoms with Crippen LogP contribution in [0, 0.1) is 6.92 Å². The average Bonchev–Trinajstić information content (AvgIpc) is 3.02. The van der Waals surface area contributed by atoms with Gasteiger partial charge >= 0.3 is 0 Å². The van der Waals surface area contributed by atoms with E-state index in [1.54, 1.807) is 0 Å². The van der Waals surface area contributed by atoms with Crippen molar-refractivity contribution in [3.05, 3.63) is 53.9 Å². The summed E-state index contributed by atoms with van der Waals surface area (Å²) in [5.41, 5.74) is 3.78. The van der Waals surface area contributed by atoms with Crippen LogP contribution in [0.15, 0.2) is 42.5 Å². The largest absolute Gasteiger partial charge is 0.484 e. The van der Waals surface area contributed by atoms with Gasteiger partial charge < -0.3 is 19.5 Å². The molecule has 3 aromatic rings. The monoisotopic (exact) mass is 394 g/mol. The predicted molar refractivity (Wildman–Crippen MR) is 118 cm³/mol. The molecule has 6 heteroatoms. The number of imidazole rings is 1. The highest BCUT2D eigenvalue weighted by atomic mass is 16.5. The van der Waals surface area contributed by atoms with E-state index in [4.69, 9.17) is 9.72 Å². The highest BCUT2D eigenvalue weighted by Gasteiger charge is 2.11. The Balaban J connectivity index is 1.63. The van der Waals surface area contributed by atoms with E-state index in [2.05, 4.69) is 28.6 Å². The summed E-state index contributed by atoms with van der Waals surface area (Å²) >= 11 is 0. The number of amides is 1. The van der Waals surface area contributed by atoms with E-state index in [1.165, 1.54) is 0 Å². The highest BCUT2D eigenvalue weighted by Crippen LogP contribution is 2.20. The molecule has 0 saturated heterocycles. The van der Waals surface area contributed by atoms with Gasteiger partial charge in [0.2, 0.25) is 0 Å². The second-order valence-corrected chi connectivity index (χ2v) is 7.22. The molecule has 154 valence electrons. The molecule has 1 N–H and O–H groups in total. The molecule has 3 rings (SSSR count). The van der Waals surface area contributed by atoms with Crippen molar-refractivity contribution in [1.29, 1.82) is 0 Å². The molecule has 1 heterocycles. The zero-order valence-corrected chi connectivity index (χ0v) is 17.7. The van der Waals surface area contributed by atoms with Crippen molar-refractivity contribution in [2.24, 2.45) is 7.05 Å². The summed E-state index contributed by atoms with van der Waals surface area (Å²) in [6.07, 6.45) is 0.902. The molecule has 0 bridgehead atoms. The van der Waals surface area contributed by atoms with E-state index >= 15 is 0 Å². The first-order chi connectivity index (χ1) is 14.0. The molecule has 0 aliphatic rings. The third-order valence-corrected chi connectivity index (χ3v) is 5.16. The van der Waals surface area contributed by atoms with Gasteiger partial charge in [-0.3, -0.25) is 4.79 Å². The van der Waals surface area contributed by atoms with Gasteiger partial charge in [-0.15, -0.1) is 0 Å². The van der Waals surface area contributed by atoms with E-state index in [0.717, 1.165) is 54.2 Å². The predicted octanol–water partition coefficient (Wildman–Crippen LogP) is 3.78. The summed E-state index contributed by atoms with van der Waals surface area (Å²) < 4.78 is 7.70. The third-order valence-electron chi connectivity index (χ3n) is 5.16. The van der Waals surface area contributed by atoms with Crippen molar-refractivity contribution in [1.82, 2.24) is 14.5 Å². The van der Waals surface area contributed by atoms with E-state index < -0.39 is 0 Å². The maximum Gasteiger partial charge on any atom is 0.262 e. The van der Waals surface area contributed by atoms with Gasteiger partial charge in [0.15, 0.2) is 6.61 Å². The van der Waals surface area contributed by atoms with Gasteiger partial charge in [-0.2, -0.15) is 0 Å². The fraction of sp³-hybridized carbons (Fsp3) is 0.391. The van der Waals surface area contributed by atoms with Crippen molar-refractivity contribution in [3.8, 4) is 5.75 Å². The Morgan fingerprint density at radius 1 is 1.17 bits per heavy atom. The van der Waals surface area contributed by atoms with Crippen molar-refractivity contribution in [3.63, 3.8) is 0 Å². The lowest BCUT2D eigenvalue weighted by molar-refractivity contribution is -0.118. The zero-order chi connectivity index (χ0) is 20.8. The Morgan fingerprint density at radius 3 is 2.69 bits per heavy atom. The molecule has 1 aromatic heterocycles. The van der Waals surface area contributed by atoms with Gasteiger partial charge in [0, 0.05) is 25.7 Å². The maximum atomic E-state index is 12.3. The number of anilines is 1. The molecular formula is C23H30N4O2. The van der Waals surface area contributed by atoms with Crippen LogP contribution in [0.25, 0.3) is 11.0 Å². The molecular weight excluding hydrogens is 364 g/mol. The topological polar surface area (TPSA) is 59.4 Å². The van der Waals surface area contributed by atoms with Crippen LogP contribution in [0.2, 0.25) is 0 Å². The van der Waals surface area contributed by atoms with E-state index in [0.29, 0.717) is 5.75 Å². The number of likely N-dealkylation sites (N-methyl/N-ethyl adjacent to an activating group) is 1. The van der Waals surface area contributed by atoms with Crippen LogP contribution in [0.1, 0.15) is 25.2 Å². The number of ether oxygens (including phenoxy) is 1. The van der Waals surface area contributed by atoms with Crippen molar-refractivity contribution < 1.29 is 9.53 Å². The van der Waals surface area contributed by atoms with Crippen molar-refractivity contribution >= 4 is 22.6 Å². The van der Waals surface area contributed by atoms with E-state index in [1.807, 2.05) is 56.4 Å². The quantitative estimate of drug-likeness (QED) is 0.600. The molecule has 0 radical (unpaired) electrons. The van der Waals surface area contributed by atoms with Crippen LogP contribution in [0.5, 0.6) is 5.75 Å². The van der Waals surface area contributed by atoms with Gasteiger partial charge in [-0.05, 0) is 55.9 Å². The van der Waals surface area contributed by atoms with Crippen LogP contribution in [0.3, 0.4) is 0 Å². The summed E-state index contributed by atoms with van der Waals surface area (Å²) in [6.45, 7) is 9.39. The van der Waals surface area contributed by atoms with Gasteiger partial charge in [0.25, 0.3) is 5.91 Å². The normalized spacial score (nSPS) is 11.2. The number of carbonyl (C=O) groups excluding carboxylic acids is 1. The second-order valence-electron chi connectivity index (χ2n) is 7.22. The highest BCUT2D eigenvalue weighted by molar-refractivity contribution is 5.94. The van der Waals surface area contributed by atoms with Crippen molar-refractivity contribution in [2.75, 3.05) is 31.6 Å². The minimum atomic E-state index is -0.191. The lowest BCUT2D eigenvalue weighted by Gasteiger charge is -2.17. The Labute approximate surface area is 172 Å². The number of aryl methyl sites for hydroxylation is 2. The number of carbonyl (C=O) groups is 1. The first-order valence-electron chi connectivity index (χ1n) is 10.2. The molecule has 1 amide bonds. The number of fused-ring (bicyclic) bond motifs is 1. The summed E-state index contributed by atoms with van der Waals surface area (Å²) in [6, 6.07) is 13.5. The van der Waals surface area contributed by atoms with Crippen LogP contribution >= 0.6 is 0 Å². The summed E-state index contributed by atoms with van der Waals surface area (Å²) in [5.74, 6) is 1.56. The molecule has 0 saturated carbocycles. The number of hydrogen-bond acceptors (Lipinski definition) is 4. The smallest absolute Gasteiger partial charge is 0.262 e. The Hall–Kier alpha value is -2.86. The van der Waals surface area contributed by atoms with Crippen LogP contribution < -0.4 is 10.1 Å². The molecule has 0 fully saturated rings. The average molecular weight is 395 g/mol. The summed E-state index contributed by atoms with van der Waals surface area (Å²) in [7, 11) is 2.04. The Kier molecular flexibility index (Phi) is 6.88. The molecule has 0 atom stereocenters. The van der Waals surface area contributed by atoms with Gasteiger partial charge in [0.1, 0.15) is 11.6 Å². The fourth-order valence-electron chi connectivity index (χ4n) is 3.40. The third kappa shape index (κ3) is 5.35. The summed E-state index contributed by atoms with van der Waals surface area (Å²) in [4.78, 5) is 19.4. The van der Waals surface area contributed by atoms with Crippen molar-refractivity contribution in [2.45, 2.75) is 27.2 Å². The van der Waals surface area contributed by atoms with Gasteiger partial charge in [-0.25, -0.2) is 4.98 Å². The summed E-state index contributed by atoms with van der Waals surface area (Å²) in [5, 5.41) is 2.89. The Morgan fingerprint density at radius 2 is 1.97 bits per heavy atom. The van der Waals surface area contributed by atoms with E-state index in [9.17, 15) is 4.79 Å². The number of benzene rings is 2. The standard InChI is InChI=1S/C23H30N4O2/c1-5-27(6-2)13-12-22-25-20-15-18(10-11-21(20)26(22)4)24-23(28)16-29-19-9-7-8-17(3)14-19/h7-11,14-15H,5-6,12-13,16H2,1-4H3,(H,24,28). The number of hydrogen-bond donors (Lipinski definition) is 1. The Bertz CT molecular complexity index is 976. The number of nitrogens with zero attached hydrogens (tertiary/aromatic N) is 3. The maximum absolute atomic E-state index is 12.3. The number of nitrogens with one attached hydrogen (secondary N) is 1. The molecule has 2 aromatic carbocycles. The molecule has 6 nitrogen and oxygen atoms in total. The molecule has 0 aliphatic carbocycles. The number of aromatic nitrogens is 2. The minimum Gasteiger partial charge on any atom is -0.484 e. The molecule has 0 spiro atoms. The van der Waals surface area contributed by atoms with E-state index in [-0.39, 0.29) is 12.5 Å². The first kappa shape index (κ1) is 20.9. The zero-order valence-electron chi connectivity index (χ0n) is 17.7. The first-order valence-corrected chi connectivity index (χ1v) is 10.2. The number of rotatable bonds is 9. The molecule has 29 heavy (non-hydrogen) atoms. The lowest BCUT2D eigenvalue weighted by atomic mass is 10.2. The van der Waals surface area contributed by atoms with Crippen LogP contribution in [-0.4, -0.2) is 46.6 Å². The lowest BCUT2D eigenvalue weighted by Crippen LogP contribution is -2.26. The molecule has 0 unspecified atom stereocenters. The minimum absolute atomic E-state index is 0.0289.